The van der Waals surface area contributed by atoms with E-state index in [1.54, 1.807) is 6.42 Å². The number of hydrogen-bond acceptors (Lipinski definition) is 1. The summed E-state index contributed by atoms with van der Waals surface area (Å²) in [7, 11) is 0. The van der Waals surface area contributed by atoms with Crippen molar-refractivity contribution in [2.75, 3.05) is 0 Å². The molecule has 5 rings (SSSR count). The first kappa shape index (κ1) is 10.7. The van der Waals surface area contributed by atoms with Gasteiger partial charge < -0.3 is 0 Å². The van der Waals surface area contributed by atoms with Crippen molar-refractivity contribution in [3.63, 3.8) is 0 Å². The molecule has 1 aromatic carbocycles. The molecule has 0 aliphatic heterocycles. The Kier molecular flexibility index (Phi) is 1.96. The minimum atomic E-state index is 0.642. The van der Waals surface area contributed by atoms with E-state index in [1.165, 1.54) is 31.2 Å². The molecule has 4 fully saturated rings. The van der Waals surface area contributed by atoms with E-state index >= 15 is 0 Å². The zero-order chi connectivity index (χ0) is 12.4. The molecule has 4 aliphatic carbocycles. The van der Waals surface area contributed by atoms with E-state index in [1.807, 2.05) is 0 Å². The molecule has 1 nitrogen and oxygen atoms in total. The number of benzene rings is 1. The van der Waals surface area contributed by atoms with Crippen LogP contribution in [-0.4, -0.2) is 12.3 Å². The predicted molar refractivity (Wildman–Crippen MR) is 77.3 cm³/mol. The second-order valence-corrected chi connectivity index (χ2v) is 7.44. The molecule has 4 saturated carbocycles. The van der Waals surface area contributed by atoms with Crippen LogP contribution in [0.25, 0.3) is 0 Å². The van der Waals surface area contributed by atoms with Crippen molar-refractivity contribution in [3.05, 3.63) is 35.9 Å². The molecular weight excluding hydrogens is 230 g/mol. The fourth-order valence-corrected chi connectivity index (χ4v) is 6.13. The van der Waals surface area contributed by atoms with Crippen LogP contribution in [0.15, 0.2) is 35.3 Å². The summed E-state index contributed by atoms with van der Waals surface area (Å²) in [5, 5.41) is 0. The Morgan fingerprint density at radius 2 is 1.63 bits per heavy atom. The van der Waals surface area contributed by atoms with Crippen LogP contribution >= 0.6 is 0 Å². The minimum absolute atomic E-state index is 0.642. The van der Waals surface area contributed by atoms with Gasteiger partial charge in [0.15, 0.2) is 0 Å². The molecule has 4 unspecified atom stereocenters. The van der Waals surface area contributed by atoms with E-state index in [-0.39, 0.29) is 0 Å². The van der Waals surface area contributed by atoms with Gasteiger partial charge >= 0.3 is 0 Å². The summed E-state index contributed by atoms with van der Waals surface area (Å²) in [5.41, 5.74) is 2.09. The third kappa shape index (κ3) is 1.29. The second kappa shape index (κ2) is 3.50. The van der Waals surface area contributed by atoms with Crippen LogP contribution in [0.5, 0.6) is 0 Å². The Balaban J connectivity index is 1.43. The number of hydrogen-bond donors (Lipinski definition) is 0. The van der Waals surface area contributed by atoms with E-state index in [4.69, 9.17) is 4.99 Å². The van der Waals surface area contributed by atoms with Crippen LogP contribution in [-0.2, 0) is 0 Å². The fraction of sp³-hybridized carbons (Fsp3) is 0.611. The van der Waals surface area contributed by atoms with Gasteiger partial charge in [-0.25, -0.2) is 0 Å². The van der Waals surface area contributed by atoms with E-state index < -0.39 is 0 Å². The summed E-state index contributed by atoms with van der Waals surface area (Å²) in [6, 6.07) is 11.3. The molecule has 1 spiro atoms. The molecule has 1 heteroatoms. The number of rotatable bonds is 2. The third-order valence-corrected chi connectivity index (χ3v) is 6.82. The minimum Gasteiger partial charge on any atom is -0.289 e. The zero-order valence-electron chi connectivity index (χ0n) is 11.3. The molecule has 0 saturated heterocycles. The average Bonchev–Trinajstić information content (AvgIpc) is 2.81. The number of fused-ring (bicyclic) bond motifs is 2. The molecule has 98 valence electrons. The molecule has 0 amide bonds. The third-order valence-electron chi connectivity index (χ3n) is 6.82. The van der Waals surface area contributed by atoms with E-state index in [2.05, 4.69) is 36.5 Å². The molecule has 0 aromatic heterocycles. The molecule has 1 aromatic rings. The molecule has 0 radical (unpaired) electrons. The monoisotopic (exact) mass is 251 g/mol. The lowest BCUT2D eigenvalue weighted by Crippen LogP contribution is -2.42. The second-order valence-electron chi connectivity index (χ2n) is 7.44. The van der Waals surface area contributed by atoms with Gasteiger partial charge in [0.2, 0.25) is 0 Å². The quantitative estimate of drug-likeness (QED) is 0.706. The van der Waals surface area contributed by atoms with Crippen LogP contribution in [0, 0.1) is 29.1 Å². The van der Waals surface area contributed by atoms with Crippen LogP contribution < -0.4 is 0 Å². The highest BCUT2D eigenvalue weighted by atomic mass is 14.9. The highest BCUT2D eigenvalue weighted by Crippen LogP contribution is 2.75. The molecule has 0 N–H and O–H groups in total. The maximum atomic E-state index is 5.04. The number of aliphatic imine (C=N–C) groups is 1. The topological polar surface area (TPSA) is 12.4 Å². The van der Waals surface area contributed by atoms with Gasteiger partial charge in [-0.15, -0.1) is 0 Å². The average molecular weight is 251 g/mol. The van der Waals surface area contributed by atoms with Gasteiger partial charge in [0, 0.05) is 6.21 Å². The first-order valence-electron chi connectivity index (χ1n) is 7.93. The Labute approximate surface area is 115 Å². The van der Waals surface area contributed by atoms with Crippen molar-refractivity contribution >= 4 is 6.21 Å². The first-order chi connectivity index (χ1) is 9.35. The lowest BCUT2D eigenvalue weighted by molar-refractivity contribution is 0.0000807. The molecule has 0 heterocycles. The summed E-state index contributed by atoms with van der Waals surface area (Å²) in [6.07, 6.45) is 9.70. The van der Waals surface area contributed by atoms with Crippen molar-refractivity contribution in [2.24, 2.45) is 34.1 Å². The highest BCUT2D eigenvalue weighted by molar-refractivity contribution is 5.79. The van der Waals surface area contributed by atoms with Gasteiger partial charge in [-0.3, -0.25) is 4.99 Å². The van der Waals surface area contributed by atoms with E-state index in [0.29, 0.717) is 6.04 Å². The van der Waals surface area contributed by atoms with Crippen molar-refractivity contribution in [3.8, 4) is 0 Å². The number of nitrogens with zero attached hydrogens (tertiary/aromatic N) is 1. The van der Waals surface area contributed by atoms with Crippen molar-refractivity contribution in [1.82, 2.24) is 0 Å². The van der Waals surface area contributed by atoms with Crippen molar-refractivity contribution < 1.29 is 0 Å². The maximum Gasteiger partial charge on any atom is 0.0556 e. The van der Waals surface area contributed by atoms with E-state index in [9.17, 15) is 0 Å². The van der Waals surface area contributed by atoms with Gasteiger partial charge in [0.1, 0.15) is 0 Å². The first-order valence-corrected chi connectivity index (χ1v) is 7.93. The van der Waals surface area contributed by atoms with Gasteiger partial charge in [-0.1, -0.05) is 30.3 Å². The smallest absolute Gasteiger partial charge is 0.0556 e. The summed E-state index contributed by atoms with van der Waals surface area (Å²) in [5.74, 6) is 4.00. The van der Waals surface area contributed by atoms with Crippen LogP contribution in [0.4, 0.5) is 0 Å². The van der Waals surface area contributed by atoms with Crippen molar-refractivity contribution in [1.29, 1.82) is 0 Å². The molecule has 4 atom stereocenters. The molecule has 19 heavy (non-hydrogen) atoms. The summed E-state index contributed by atoms with van der Waals surface area (Å²) in [4.78, 5) is 5.04. The lowest BCUT2D eigenvalue weighted by Gasteiger charge is -2.49. The van der Waals surface area contributed by atoms with Crippen molar-refractivity contribution in [2.45, 2.75) is 38.1 Å². The Hall–Kier alpha value is -1.11. The lowest BCUT2D eigenvalue weighted by atomic mass is 9.56. The van der Waals surface area contributed by atoms with Gasteiger partial charge in [0.05, 0.1) is 6.04 Å². The van der Waals surface area contributed by atoms with Gasteiger partial charge in [0.25, 0.3) is 0 Å². The summed E-state index contributed by atoms with van der Waals surface area (Å²) < 4.78 is 0. The highest BCUT2D eigenvalue weighted by Gasteiger charge is 2.68. The van der Waals surface area contributed by atoms with Gasteiger partial charge in [-0.2, -0.15) is 0 Å². The molecular formula is C18H21N. The fourth-order valence-electron chi connectivity index (χ4n) is 6.13. The Morgan fingerprint density at radius 1 is 0.947 bits per heavy atom. The maximum absolute atomic E-state index is 5.04. The molecule has 3 bridgehead atoms. The normalized spacial score (nSPS) is 49.6. The summed E-state index contributed by atoms with van der Waals surface area (Å²) in [6.45, 7) is 0. The largest absolute Gasteiger partial charge is 0.289 e. The summed E-state index contributed by atoms with van der Waals surface area (Å²) >= 11 is 0. The Bertz CT molecular complexity index is 508. The standard InChI is InChI=1S/C18H21N/c1-2-4-12(5-3-1)11-19-17-13-6-15-8-16-7-14(17)10-18(15,16)9-13/h1-5,11,13-17H,6-10H2/b19-11+. The van der Waals surface area contributed by atoms with Crippen LogP contribution in [0.3, 0.4) is 0 Å². The van der Waals surface area contributed by atoms with Crippen LogP contribution in [0.1, 0.15) is 37.7 Å². The van der Waals surface area contributed by atoms with Gasteiger partial charge in [-0.05, 0) is 66.8 Å². The zero-order valence-corrected chi connectivity index (χ0v) is 11.3. The van der Waals surface area contributed by atoms with E-state index in [0.717, 1.165) is 29.1 Å². The SMILES string of the molecule is C(=N\C1C2CC3CC4CC1CC34C2)/c1ccccc1. The molecule has 4 aliphatic rings. The Morgan fingerprint density at radius 3 is 2.32 bits per heavy atom. The van der Waals surface area contributed by atoms with Crippen LogP contribution in [0.2, 0.25) is 0 Å². The predicted octanol–water partition coefficient (Wildman–Crippen LogP) is 3.93.